The molecule has 0 aliphatic carbocycles. The van der Waals surface area contributed by atoms with Crippen molar-refractivity contribution in [2.24, 2.45) is 0 Å². The lowest BCUT2D eigenvalue weighted by Gasteiger charge is -2.38. The van der Waals surface area contributed by atoms with Gasteiger partial charge in [0.05, 0.1) is 20.3 Å². The Bertz CT molecular complexity index is 235. The van der Waals surface area contributed by atoms with Gasteiger partial charge in [0.15, 0.2) is 0 Å². The van der Waals surface area contributed by atoms with Gasteiger partial charge in [0, 0.05) is 6.92 Å². The summed E-state index contributed by atoms with van der Waals surface area (Å²) in [6.07, 6.45) is 1.29. The van der Waals surface area contributed by atoms with Gasteiger partial charge in [-0.2, -0.15) is 0 Å². The summed E-state index contributed by atoms with van der Waals surface area (Å²) in [7, 11) is 3.41. The molecule has 0 aliphatic rings. The van der Waals surface area contributed by atoms with Crippen molar-refractivity contribution in [3.63, 3.8) is 0 Å². The number of ether oxygens (including phenoxy) is 1. The van der Waals surface area contributed by atoms with E-state index in [1.165, 1.54) is 31.2 Å². The van der Waals surface area contributed by atoms with Crippen molar-refractivity contribution in [1.82, 2.24) is 0 Å². The number of hydrogen-bond acceptors (Lipinski definition) is 2. The molecule has 0 saturated heterocycles. The molecular formula is C13H30INO2Si. The van der Waals surface area contributed by atoms with Crippen LogP contribution in [0, 0.1) is 0 Å². The maximum absolute atomic E-state index is 10.8. The monoisotopic (exact) mass is 387 g/mol. The maximum Gasteiger partial charge on any atom is 0.302 e. The molecule has 0 spiro atoms. The van der Waals surface area contributed by atoms with E-state index < -0.39 is 8.07 Å². The normalized spacial score (nSPS) is 11.9. The third-order valence-corrected chi connectivity index (χ3v) is 10.0. The molecule has 0 fully saturated rings. The Morgan fingerprint density at radius 1 is 1.11 bits per heavy atom. The number of rotatable bonds is 8. The quantitative estimate of drug-likeness (QED) is 0.247. The SMILES string of the molecule is CC[Si](CC)(CC)C[N+](C)(C)CCOC(C)=O.[I-]. The highest BCUT2D eigenvalue weighted by Gasteiger charge is 2.35. The third-order valence-electron chi connectivity index (χ3n) is 4.02. The molecular weight excluding hydrogens is 357 g/mol. The summed E-state index contributed by atoms with van der Waals surface area (Å²) >= 11 is 0. The zero-order chi connectivity index (χ0) is 13.5. The highest BCUT2D eigenvalue weighted by atomic mass is 127. The van der Waals surface area contributed by atoms with Crippen molar-refractivity contribution >= 4 is 14.0 Å². The van der Waals surface area contributed by atoms with E-state index in [4.69, 9.17) is 4.74 Å². The van der Waals surface area contributed by atoms with E-state index in [0.29, 0.717) is 6.61 Å². The van der Waals surface area contributed by atoms with E-state index >= 15 is 0 Å². The summed E-state index contributed by atoms with van der Waals surface area (Å²) in [5.41, 5.74) is 0. The van der Waals surface area contributed by atoms with Gasteiger partial charge in [0.25, 0.3) is 0 Å². The minimum absolute atomic E-state index is 0. The summed E-state index contributed by atoms with van der Waals surface area (Å²) in [6.45, 7) is 9.96. The zero-order valence-electron chi connectivity index (χ0n) is 12.9. The second-order valence-electron chi connectivity index (χ2n) is 5.72. The summed E-state index contributed by atoms with van der Waals surface area (Å²) < 4.78 is 6.04. The van der Waals surface area contributed by atoms with Crippen molar-refractivity contribution in [3.05, 3.63) is 0 Å². The second kappa shape index (κ2) is 9.31. The van der Waals surface area contributed by atoms with Gasteiger partial charge >= 0.3 is 5.97 Å². The highest BCUT2D eigenvalue weighted by molar-refractivity contribution is 6.79. The predicted molar refractivity (Wildman–Crippen MR) is 75.7 cm³/mol. The number of halogens is 1. The molecule has 18 heavy (non-hydrogen) atoms. The first-order valence-electron chi connectivity index (χ1n) is 6.76. The standard InChI is InChI=1S/C13H30NO2Si.HI/c1-7-17(8-2,9-3)12-14(5,6)10-11-16-13(4)15;/h7-12H2,1-6H3;1H/q+1;/p-1. The molecule has 0 aromatic heterocycles. The van der Waals surface area contributed by atoms with Gasteiger partial charge in [-0.05, 0) is 0 Å². The Hall–Kier alpha value is 0.377. The average Bonchev–Trinajstić information content (AvgIpc) is 2.25. The van der Waals surface area contributed by atoms with Crippen molar-refractivity contribution in [3.8, 4) is 0 Å². The van der Waals surface area contributed by atoms with Crippen molar-refractivity contribution in [2.75, 3.05) is 33.4 Å². The molecule has 0 atom stereocenters. The van der Waals surface area contributed by atoms with Gasteiger partial charge in [-0.1, -0.05) is 38.9 Å². The molecule has 0 bridgehead atoms. The van der Waals surface area contributed by atoms with E-state index in [0.717, 1.165) is 11.0 Å². The lowest BCUT2D eigenvalue weighted by Crippen LogP contribution is -3.00. The lowest BCUT2D eigenvalue weighted by atomic mass is 10.5. The van der Waals surface area contributed by atoms with Crippen LogP contribution in [-0.2, 0) is 9.53 Å². The van der Waals surface area contributed by atoms with E-state index in [-0.39, 0.29) is 29.9 Å². The van der Waals surface area contributed by atoms with Crippen LogP contribution in [-0.4, -0.2) is 51.9 Å². The molecule has 0 heterocycles. The molecule has 0 rings (SSSR count). The fourth-order valence-corrected chi connectivity index (χ4v) is 6.65. The molecule has 0 aromatic carbocycles. The van der Waals surface area contributed by atoms with Gasteiger partial charge in [-0.25, -0.2) is 0 Å². The van der Waals surface area contributed by atoms with Crippen LogP contribution >= 0.6 is 0 Å². The van der Waals surface area contributed by atoms with E-state index in [1.54, 1.807) is 0 Å². The lowest BCUT2D eigenvalue weighted by molar-refractivity contribution is -0.880. The largest absolute Gasteiger partial charge is 1.00 e. The zero-order valence-corrected chi connectivity index (χ0v) is 16.0. The molecule has 0 aromatic rings. The van der Waals surface area contributed by atoms with Gasteiger partial charge in [-0.15, -0.1) is 0 Å². The highest BCUT2D eigenvalue weighted by Crippen LogP contribution is 2.23. The predicted octanol–water partition coefficient (Wildman–Crippen LogP) is -0.322. The Labute approximate surface area is 131 Å². The molecule has 0 saturated carbocycles. The topological polar surface area (TPSA) is 26.3 Å². The molecule has 3 nitrogen and oxygen atoms in total. The molecule has 5 heteroatoms. The van der Waals surface area contributed by atoms with Crippen LogP contribution in [0.3, 0.4) is 0 Å². The van der Waals surface area contributed by atoms with E-state index in [1.807, 2.05) is 0 Å². The number of likely N-dealkylation sites (N-methyl/N-ethyl adjacent to an activating group) is 1. The molecule has 0 amide bonds. The summed E-state index contributed by atoms with van der Waals surface area (Å²) in [6, 6.07) is 4.07. The Balaban J connectivity index is 0. The number of nitrogens with zero attached hydrogens (tertiary/aromatic N) is 1. The number of esters is 1. The van der Waals surface area contributed by atoms with Gasteiger partial charge in [-0.3, -0.25) is 4.79 Å². The minimum atomic E-state index is -1.10. The van der Waals surface area contributed by atoms with Gasteiger partial charge < -0.3 is 33.2 Å². The van der Waals surface area contributed by atoms with Crippen LogP contribution in [0.25, 0.3) is 0 Å². The van der Waals surface area contributed by atoms with Crippen LogP contribution in [0.1, 0.15) is 27.7 Å². The molecule has 110 valence electrons. The number of carbonyl (C=O) groups is 1. The summed E-state index contributed by atoms with van der Waals surface area (Å²) in [5, 5.41) is 0. The van der Waals surface area contributed by atoms with E-state index in [9.17, 15) is 4.79 Å². The molecule has 0 unspecified atom stereocenters. The Morgan fingerprint density at radius 3 is 1.89 bits per heavy atom. The maximum atomic E-state index is 10.8. The smallest absolute Gasteiger partial charge is 0.302 e. The van der Waals surface area contributed by atoms with Gasteiger partial charge in [0.2, 0.25) is 0 Å². The van der Waals surface area contributed by atoms with Crippen LogP contribution in [0.15, 0.2) is 0 Å². The van der Waals surface area contributed by atoms with Gasteiger partial charge in [0.1, 0.15) is 21.2 Å². The summed E-state index contributed by atoms with van der Waals surface area (Å²) in [4.78, 5) is 10.8. The first-order valence-corrected chi connectivity index (χ1v) is 9.59. The Kier molecular flexibility index (Phi) is 10.7. The van der Waals surface area contributed by atoms with Crippen molar-refractivity contribution < 1.29 is 38.0 Å². The molecule has 0 radical (unpaired) electrons. The van der Waals surface area contributed by atoms with Crippen molar-refractivity contribution in [1.29, 1.82) is 0 Å². The second-order valence-corrected chi connectivity index (χ2v) is 11.2. The van der Waals surface area contributed by atoms with E-state index in [2.05, 4.69) is 34.9 Å². The number of hydrogen-bond donors (Lipinski definition) is 0. The molecule has 0 N–H and O–H groups in total. The van der Waals surface area contributed by atoms with Crippen LogP contribution in [0.2, 0.25) is 18.1 Å². The van der Waals surface area contributed by atoms with Crippen molar-refractivity contribution in [2.45, 2.75) is 45.8 Å². The fourth-order valence-electron chi connectivity index (χ4n) is 2.51. The third kappa shape index (κ3) is 7.73. The fraction of sp³-hybridized carbons (Fsp3) is 0.923. The van der Waals surface area contributed by atoms with Crippen LogP contribution in [0.5, 0.6) is 0 Å². The van der Waals surface area contributed by atoms with Crippen LogP contribution < -0.4 is 24.0 Å². The van der Waals surface area contributed by atoms with Crippen LogP contribution in [0.4, 0.5) is 0 Å². The Morgan fingerprint density at radius 2 is 1.56 bits per heavy atom. The number of quaternary nitrogens is 1. The first-order chi connectivity index (χ1) is 7.81. The summed E-state index contributed by atoms with van der Waals surface area (Å²) in [5.74, 6) is -0.171. The first kappa shape index (κ1) is 20.7. The number of carbonyl (C=O) groups excluding carboxylic acids is 1. The average molecular weight is 387 g/mol. The minimum Gasteiger partial charge on any atom is -1.00 e. The molecule has 0 aliphatic heterocycles.